The highest BCUT2D eigenvalue weighted by Crippen LogP contribution is 2.38. The number of carbonyl (C=O) groups is 2. The Balaban J connectivity index is 3.35. The molecule has 0 spiro atoms. The van der Waals surface area contributed by atoms with Crippen molar-refractivity contribution in [3.8, 4) is 0 Å². The Kier molecular flexibility index (Phi) is 4.82. The van der Waals surface area contributed by atoms with Gasteiger partial charge in [-0.05, 0) is 28.6 Å². The van der Waals surface area contributed by atoms with Gasteiger partial charge in [0.25, 0.3) is 5.91 Å². The van der Waals surface area contributed by atoms with Gasteiger partial charge in [0.05, 0.1) is 6.20 Å². The second-order valence-electron chi connectivity index (χ2n) is 7.31. The average molecular weight is 288 g/mol. The van der Waals surface area contributed by atoms with Gasteiger partial charge in [-0.2, -0.15) is 5.11 Å². The molecule has 0 fully saturated rings. The van der Waals surface area contributed by atoms with Crippen molar-refractivity contribution in [3.05, 3.63) is 35.1 Å². The van der Waals surface area contributed by atoms with Crippen molar-refractivity contribution in [2.24, 2.45) is 21.1 Å². The molecular weight excluding hydrogens is 264 g/mol. The number of nitrogens with zero attached hydrogens (tertiary/aromatic N) is 2. The van der Waals surface area contributed by atoms with Crippen molar-refractivity contribution in [1.29, 1.82) is 0 Å². The molecule has 4 heteroatoms. The molecule has 4 nitrogen and oxygen atoms in total. The highest BCUT2D eigenvalue weighted by molar-refractivity contribution is 6.11. The minimum atomic E-state index is -0.348. The van der Waals surface area contributed by atoms with E-state index in [4.69, 9.17) is 0 Å². The molecule has 0 heterocycles. The fourth-order valence-corrected chi connectivity index (χ4v) is 2.02. The first kappa shape index (κ1) is 17.2. The maximum Gasteiger partial charge on any atom is 0.261 e. The highest BCUT2D eigenvalue weighted by Gasteiger charge is 2.33. The highest BCUT2D eigenvalue weighted by atomic mass is 16.1. The van der Waals surface area contributed by atoms with Gasteiger partial charge in [-0.3, -0.25) is 9.59 Å². The van der Waals surface area contributed by atoms with Crippen LogP contribution in [-0.2, 0) is 9.59 Å². The molecule has 0 aromatic heterocycles. The monoisotopic (exact) mass is 288 g/mol. The average Bonchev–Trinajstić information content (AvgIpc) is 2.27. The van der Waals surface area contributed by atoms with E-state index >= 15 is 0 Å². The molecule has 0 radical (unpaired) electrons. The molecule has 0 aromatic carbocycles. The van der Waals surface area contributed by atoms with Crippen LogP contribution in [0.25, 0.3) is 0 Å². The lowest BCUT2D eigenvalue weighted by atomic mass is 9.72. The topological polar surface area (TPSA) is 58.9 Å². The molecule has 1 aliphatic rings. The summed E-state index contributed by atoms with van der Waals surface area (Å²) in [4.78, 5) is 23.5. The van der Waals surface area contributed by atoms with Crippen LogP contribution in [0.5, 0.6) is 0 Å². The number of allylic oxidation sites excluding steroid dienone is 5. The number of Topliss-reactive ketones (excluding diaryl/α,β-unsaturated/α-hetero) is 1. The van der Waals surface area contributed by atoms with E-state index < -0.39 is 0 Å². The lowest BCUT2D eigenvalue weighted by molar-refractivity contribution is -0.116. The number of hydrogen-bond donors (Lipinski definition) is 0. The summed E-state index contributed by atoms with van der Waals surface area (Å²) in [5, 5.41) is 7.24. The van der Waals surface area contributed by atoms with Crippen molar-refractivity contribution in [1.82, 2.24) is 0 Å². The van der Waals surface area contributed by atoms with E-state index in [1.54, 1.807) is 0 Å². The van der Waals surface area contributed by atoms with Gasteiger partial charge in [0.15, 0.2) is 5.78 Å². The Hall–Kier alpha value is -1.84. The van der Waals surface area contributed by atoms with Crippen molar-refractivity contribution >= 4 is 11.7 Å². The number of azo groups is 1. The van der Waals surface area contributed by atoms with Gasteiger partial charge < -0.3 is 0 Å². The van der Waals surface area contributed by atoms with Crippen LogP contribution in [0.2, 0.25) is 0 Å². The normalized spacial score (nSPS) is 16.9. The molecule has 21 heavy (non-hydrogen) atoms. The molecule has 0 saturated heterocycles. The molecule has 114 valence electrons. The molecule has 0 atom stereocenters. The van der Waals surface area contributed by atoms with Crippen LogP contribution in [-0.4, -0.2) is 11.7 Å². The smallest absolute Gasteiger partial charge is 0.261 e. The third kappa shape index (κ3) is 4.59. The van der Waals surface area contributed by atoms with Crippen molar-refractivity contribution in [2.75, 3.05) is 0 Å². The van der Waals surface area contributed by atoms with Crippen molar-refractivity contribution < 1.29 is 9.59 Å². The molecule has 0 N–H and O–H groups in total. The molecule has 0 aromatic rings. The Bertz CT molecular complexity index is 541. The van der Waals surface area contributed by atoms with E-state index in [1.165, 1.54) is 13.1 Å². The Labute approximate surface area is 126 Å². The molecule has 1 aliphatic carbocycles. The number of amides is 1. The standard InChI is InChI=1S/C17H24N2O2/c1-11(20)19-18-10-12-8-13(16(2,3)4)15(21)14(9-12)17(5,6)7/h8-10H,1-7H3. The van der Waals surface area contributed by atoms with Crippen LogP contribution in [0, 0.1) is 10.8 Å². The van der Waals surface area contributed by atoms with Crippen LogP contribution in [0.15, 0.2) is 45.3 Å². The molecule has 1 rings (SSSR count). The Morgan fingerprint density at radius 1 is 1.00 bits per heavy atom. The van der Waals surface area contributed by atoms with Gasteiger partial charge in [-0.1, -0.05) is 41.5 Å². The fraction of sp³-hybridized carbons (Fsp3) is 0.529. The van der Waals surface area contributed by atoms with Crippen molar-refractivity contribution in [3.63, 3.8) is 0 Å². The zero-order valence-corrected chi connectivity index (χ0v) is 13.9. The van der Waals surface area contributed by atoms with E-state index in [9.17, 15) is 9.59 Å². The Morgan fingerprint density at radius 3 is 1.76 bits per heavy atom. The lowest BCUT2D eigenvalue weighted by Crippen LogP contribution is -2.27. The summed E-state index contributed by atoms with van der Waals surface area (Å²) in [6.45, 7) is 13.4. The first-order chi connectivity index (χ1) is 9.43. The van der Waals surface area contributed by atoms with Crippen LogP contribution < -0.4 is 0 Å². The zero-order chi connectivity index (χ0) is 16.4. The zero-order valence-electron chi connectivity index (χ0n) is 13.9. The lowest BCUT2D eigenvalue weighted by Gasteiger charge is -2.31. The van der Waals surface area contributed by atoms with E-state index in [0.717, 1.165) is 16.7 Å². The summed E-state index contributed by atoms with van der Waals surface area (Å²) in [5.74, 6) is -0.269. The first-order valence-electron chi connectivity index (χ1n) is 7.03. The van der Waals surface area contributed by atoms with E-state index in [1.807, 2.05) is 53.7 Å². The minimum Gasteiger partial charge on any atom is -0.289 e. The van der Waals surface area contributed by atoms with Crippen molar-refractivity contribution in [2.45, 2.75) is 48.5 Å². The maximum atomic E-state index is 12.7. The van der Waals surface area contributed by atoms with E-state index in [-0.39, 0.29) is 22.5 Å². The molecule has 1 amide bonds. The van der Waals surface area contributed by atoms with Gasteiger partial charge in [0.2, 0.25) is 0 Å². The SMILES string of the molecule is CC(=O)N=NC=C1C=C(C(C)(C)C)C(=O)C(C(C)(C)C)=C1. The van der Waals surface area contributed by atoms with Crippen LogP contribution in [0.3, 0.4) is 0 Å². The predicted molar refractivity (Wildman–Crippen MR) is 83.7 cm³/mol. The maximum absolute atomic E-state index is 12.7. The quantitative estimate of drug-likeness (QED) is 0.671. The Morgan fingerprint density at radius 2 is 1.43 bits per heavy atom. The summed E-state index contributed by atoms with van der Waals surface area (Å²) in [6.07, 6.45) is 5.18. The predicted octanol–water partition coefficient (Wildman–Crippen LogP) is 4.40. The second-order valence-corrected chi connectivity index (χ2v) is 7.31. The van der Waals surface area contributed by atoms with Gasteiger partial charge in [-0.15, -0.1) is 5.11 Å². The summed E-state index contributed by atoms with van der Waals surface area (Å²) < 4.78 is 0. The number of hydrogen-bond acceptors (Lipinski definition) is 3. The van der Waals surface area contributed by atoms with Gasteiger partial charge in [0, 0.05) is 18.1 Å². The molecule has 0 unspecified atom stereocenters. The largest absolute Gasteiger partial charge is 0.289 e. The third-order valence-corrected chi connectivity index (χ3v) is 3.13. The summed E-state index contributed by atoms with van der Waals surface area (Å²) in [5.41, 5.74) is 1.78. The summed E-state index contributed by atoms with van der Waals surface area (Å²) in [6, 6.07) is 0. The van der Waals surface area contributed by atoms with Gasteiger partial charge in [0.1, 0.15) is 0 Å². The number of rotatable bonds is 1. The fourth-order valence-electron chi connectivity index (χ4n) is 2.02. The summed E-state index contributed by atoms with van der Waals surface area (Å²) in [7, 11) is 0. The minimum absolute atomic E-state index is 0.0793. The number of ketones is 1. The number of carbonyl (C=O) groups excluding carboxylic acids is 2. The van der Waals surface area contributed by atoms with E-state index in [0.29, 0.717) is 0 Å². The molecule has 0 saturated carbocycles. The van der Waals surface area contributed by atoms with Crippen LogP contribution >= 0.6 is 0 Å². The second kappa shape index (κ2) is 5.88. The van der Waals surface area contributed by atoms with Gasteiger partial charge >= 0.3 is 0 Å². The van der Waals surface area contributed by atoms with Crippen LogP contribution in [0.4, 0.5) is 0 Å². The third-order valence-electron chi connectivity index (χ3n) is 3.13. The van der Waals surface area contributed by atoms with Gasteiger partial charge in [-0.25, -0.2) is 0 Å². The van der Waals surface area contributed by atoms with E-state index in [2.05, 4.69) is 10.2 Å². The first-order valence-corrected chi connectivity index (χ1v) is 7.03. The molecule has 0 aliphatic heterocycles. The molecular formula is C17H24N2O2. The molecule has 0 bridgehead atoms. The van der Waals surface area contributed by atoms with Crippen LogP contribution in [0.1, 0.15) is 48.5 Å². The summed E-state index contributed by atoms with van der Waals surface area (Å²) >= 11 is 0.